The molecule has 0 spiro atoms. The molecule has 21 heavy (non-hydrogen) atoms. The van der Waals surface area contributed by atoms with Crippen molar-refractivity contribution >= 4 is 11.9 Å². The highest BCUT2D eigenvalue weighted by Gasteiger charge is 2.34. The minimum atomic E-state index is -1.21. The van der Waals surface area contributed by atoms with Gasteiger partial charge in [-0.15, -0.1) is 0 Å². The summed E-state index contributed by atoms with van der Waals surface area (Å²) in [6.07, 6.45) is 7.48. The van der Waals surface area contributed by atoms with Crippen molar-refractivity contribution < 1.29 is 19.1 Å². The molecule has 1 heterocycles. The molecule has 1 amide bonds. The number of carbonyl (C=O) groups excluding carboxylic acids is 1. The van der Waals surface area contributed by atoms with Crippen LogP contribution in [0.4, 0.5) is 4.39 Å². The van der Waals surface area contributed by atoms with Gasteiger partial charge >= 0.3 is 5.97 Å². The first-order chi connectivity index (χ1) is 10.0. The van der Waals surface area contributed by atoms with E-state index in [4.69, 9.17) is 5.11 Å². The van der Waals surface area contributed by atoms with E-state index in [1.165, 1.54) is 23.1 Å². The van der Waals surface area contributed by atoms with E-state index in [0.717, 1.165) is 12.0 Å². The largest absolute Gasteiger partial charge is 0.480 e. The van der Waals surface area contributed by atoms with E-state index in [-0.39, 0.29) is 5.91 Å². The molecule has 1 saturated heterocycles. The van der Waals surface area contributed by atoms with E-state index in [9.17, 15) is 14.0 Å². The van der Waals surface area contributed by atoms with Crippen LogP contribution in [0.2, 0.25) is 0 Å². The van der Waals surface area contributed by atoms with E-state index in [1.807, 2.05) is 6.92 Å². The normalized spacial score (nSPS) is 25.3. The van der Waals surface area contributed by atoms with Crippen LogP contribution >= 0.6 is 0 Å². The second-order valence-corrected chi connectivity index (χ2v) is 5.39. The number of nitrogens with zero attached hydrogens (tertiary/aromatic N) is 1. The zero-order valence-corrected chi connectivity index (χ0v) is 12.1. The number of hydrogen-bond donors (Lipinski definition) is 1. The molecule has 4 nitrogen and oxygen atoms in total. The highest BCUT2D eigenvalue weighted by atomic mass is 19.1. The molecule has 114 valence electrons. The molecule has 0 radical (unpaired) electrons. The number of allylic oxidation sites excluding steroid dienone is 4. The molecular formula is C16H20FNO3. The maximum atomic E-state index is 13.6. The lowest BCUT2D eigenvalue weighted by Gasteiger charge is -2.22. The molecule has 2 atom stereocenters. The van der Waals surface area contributed by atoms with E-state index in [0.29, 0.717) is 31.4 Å². The van der Waals surface area contributed by atoms with Gasteiger partial charge in [-0.05, 0) is 43.1 Å². The van der Waals surface area contributed by atoms with Crippen molar-refractivity contribution in [1.82, 2.24) is 4.90 Å². The Morgan fingerprint density at radius 3 is 2.90 bits per heavy atom. The van der Waals surface area contributed by atoms with Gasteiger partial charge in [0.05, 0.1) is 0 Å². The van der Waals surface area contributed by atoms with Crippen LogP contribution in [0.25, 0.3) is 0 Å². The minimum absolute atomic E-state index is 0.327. The third-order valence-corrected chi connectivity index (χ3v) is 3.76. The second-order valence-electron chi connectivity index (χ2n) is 5.39. The number of hydrogen-bond acceptors (Lipinski definition) is 2. The molecule has 2 unspecified atom stereocenters. The van der Waals surface area contributed by atoms with E-state index >= 15 is 0 Å². The molecule has 0 bridgehead atoms. The molecule has 0 saturated carbocycles. The molecule has 2 aliphatic rings. The average Bonchev–Trinajstić information content (AvgIpc) is 2.85. The number of carboxylic acid groups (broad SMARTS) is 1. The summed E-state index contributed by atoms with van der Waals surface area (Å²) in [6.45, 7) is 2.43. The highest BCUT2D eigenvalue weighted by molar-refractivity contribution is 5.99. The number of aliphatic carboxylic acids is 1. The van der Waals surface area contributed by atoms with Crippen LogP contribution in [0.1, 0.15) is 32.6 Å². The van der Waals surface area contributed by atoms with Crippen molar-refractivity contribution in [3.8, 4) is 0 Å². The van der Waals surface area contributed by atoms with Crippen LogP contribution in [0, 0.1) is 0 Å². The van der Waals surface area contributed by atoms with Gasteiger partial charge in [0.2, 0.25) is 0 Å². The Kier molecular flexibility index (Phi) is 4.94. The molecular weight excluding hydrogens is 273 g/mol. The van der Waals surface area contributed by atoms with Crippen LogP contribution in [0.15, 0.2) is 35.5 Å². The number of likely N-dealkylation sites (tertiary alicyclic amines) is 1. The van der Waals surface area contributed by atoms with E-state index < -0.39 is 18.2 Å². The predicted molar refractivity (Wildman–Crippen MR) is 77.5 cm³/mol. The van der Waals surface area contributed by atoms with Gasteiger partial charge in [-0.1, -0.05) is 19.4 Å². The predicted octanol–water partition coefficient (Wildman–Crippen LogP) is 2.62. The summed E-state index contributed by atoms with van der Waals surface area (Å²) in [7, 11) is 0. The van der Waals surface area contributed by atoms with Gasteiger partial charge < -0.3 is 10.0 Å². The van der Waals surface area contributed by atoms with Crippen LogP contribution in [-0.4, -0.2) is 40.6 Å². The first-order valence-corrected chi connectivity index (χ1v) is 7.31. The zero-order valence-electron chi connectivity index (χ0n) is 12.1. The SMILES string of the molecule is CCCC1=CC(F)C=CC(C(=O)N2CCCC2C(=O)O)=C1. The number of amides is 1. The van der Waals surface area contributed by atoms with Gasteiger partial charge in [0, 0.05) is 12.1 Å². The fourth-order valence-corrected chi connectivity index (χ4v) is 2.76. The van der Waals surface area contributed by atoms with Crippen molar-refractivity contribution in [1.29, 1.82) is 0 Å². The summed E-state index contributed by atoms with van der Waals surface area (Å²) >= 11 is 0. The molecule has 0 aromatic carbocycles. The smallest absolute Gasteiger partial charge is 0.326 e. The summed E-state index contributed by atoms with van der Waals surface area (Å²) < 4.78 is 13.6. The van der Waals surface area contributed by atoms with Crippen molar-refractivity contribution in [3.05, 3.63) is 35.5 Å². The quantitative estimate of drug-likeness (QED) is 0.867. The third-order valence-electron chi connectivity index (χ3n) is 3.76. The van der Waals surface area contributed by atoms with Crippen molar-refractivity contribution in [2.24, 2.45) is 0 Å². The third kappa shape index (κ3) is 3.60. The second kappa shape index (κ2) is 6.70. The van der Waals surface area contributed by atoms with Gasteiger partial charge in [0.15, 0.2) is 0 Å². The Hall–Kier alpha value is -1.91. The molecule has 5 heteroatoms. The van der Waals surface area contributed by atoms with Gasteiger partial charge in [-0.25, -0.2) is 9.18 Å². The standard InChI is InChI=1S/C16H20FNO3/c1-2-4-11-9-12(6-7-13(17)10-11)15(19)18-8-3-5-14(18)16(20)21/h6-7,9-10,13-14H,2-5,8H2,1H3,(H,20,21). The lowest BCUT2D eigenvalue weighted by molar-refractivity contribution is -0.146. The van der Waals surface area contributed by atoms with Crippen molar-refractivity contribution in [2.45, 2.75) is 44.8 Å². The molecule has 1 N–H and O–H groups in total. The Labute approximate surface area is 123 Å². The summed E-state index contributed by atoms with van der Waals surface area (Å²) in [5.41, 5.74) is 1.15. The van der Waals surface area contributed by atoms with Crippen LogP contribution in [-0.2, 0) is 9.59 Å². The van der Waals surface area contributed by atoms with Crippen LogP contribution < -0.4 is 0 Å². The molecule has 2 rings (SSSR count). The number of alkyl halides is 1. The topological polar surface area (TPSA) is 57.6 Å². The Morgan fingerprint density at radius 1 is 1.48 bits per heavy atom. The lowest BCUT2D eigenvalue weighted by Crippen LogP contribution is -2.40. The van der Waals surface area contributed by atoms with Gasteiger partial charge in [-0.3, -0.25) is 4.79 Å². The van der Waals surface area contributed by atoms with Crippen molar-refractivity contribution in [2.75, 3.05) is 6.54 Å². The Bertz CT molecular complexity index is 522. The Balaban J connectivity index is 2.23. The molecule has 1 fully saturated rings. The number of halogens is 1. The molecule has 0 aromatic heterocycles. The van der Waals surface area contributed by atoms with Gasteiger partial charge in [0.25, 0.3) is 5.91 Å². The van der Waals surface area contributed by atoms with Crippen molar-refractivity contribution in [3.63, 3.8) is 0 Å². The summed E-state index contributed by atoms with van der Waals surface area (Å²) in [5, 5.41) is 9.16. The van der Waals surface area contributed by atoms with E-state index in [2.05, 4.69) is 0 Å². The van der Waals surface area contributed by atoms with E-state index in [1.54, 1.807) is 6.08 Å². The molecule has 0 aromatic rings. The lowest BCUT2D eigenvalue weighted by atomic mass is 10.1. The summed E-state index contributed by atoms with van der Waals surface area (Å²) in [4.78, 5) is 25.1. The number of rotatable bonds is 4. The number of carbonyl (C=O) groups is 2. The van der Waals surface area contributed by atoms with Crippen LogP contribution in [0.3, 0.4) is 0 Å². The summed E-state index contributed by atoms with van der Waals surface area (Å²) in [5.74, 6) is -1.31. The maximum absolute atomic E-state index is 13.6. The average molecular weight is 293 g/mol. The van der Waals surface area contributed by atoms with Gasteiger partial charge in [-0.2, -0.15) is 0 Å². The van der Waals surface area contributed by atoms with Crippen LogP contribution in [0.5, 0.6) is 0 Å². The first-order valence-electron chi connectivity index (χ1n) is 7.31. The van der Waals surface area contributed by atoms with Gasteiger partial charge in [0.1, 0.15) is 12.2 Å². The fourth-order valence-electron chi connectivity index (χ4n) is 2.76. The Morgan fingerprint density at radius 2 is 2.24 bits per heavy atom. The monoisotopic (exact) mass is 293 g/mol. The zero-order chi connectivity index (χ0) is 15.4. The molecule has 1 aliphatic carbocycles. The minimum Gasteiger partial charge on any atom is -0.480 e. The number of carboxylic acids is 1. The maximum Gasteiger partial charge on any atom is 0.326 e. The first kappa shape index (κ1) is 15.5. The summed E-state index contributed by atoms with van der Waals surface area (Å²) in [6, 6.07) is -0.769. The highest BCUT2D eigenvalue weighted by Crippen LogP contribution is 2.23. The fraction of sp³-hybridized carbons (Fsp3) is 0.500. The molecule has 1 aliphatic heterocycles.